The summed E-state index contributed by atoms with van der Waals surface area (Å²) in [5.74, 6) is -0.878. The molecule has 4 rings (SSSR count). The van der Waals surface area contributed by atoms with Crippen molar-refractivity contribution in [2.24, 2.45) is 0 Å². The summed E-state index contributed by atoms with van der Waals surface area (Å²) in [6, 6.07) is 8.75. The number of phenols is 1. The van der Waals surface area contributed by atoms with E-state index in [4.69, 9.17) is 20.8 Å². The number of amides is 1. The van der Waals surface area contributed by atoms with E-state index in [1.807, 2.05) is 19.0 Å². The molecule has 1 aromatic heterocycles. The van der Waals surface area contributed by atoms with Crippen LogP contribution in [0.15, 0.2) is 45.6 Å². The molecule has 0 fully saturated rings. The molecule has 1 aliphatic heterocycles. The minimum absolute atomic E-state index is 0.140. The number of ether oxygens (including phenoxy) is 1. The van der Waals surface area contributed by atoms with Crippen molar-refractivity contribution in [3.63, 3.8) is 0 Å². The van der Waals surface area contributed by atoms with Crippen LogP contribution in [-0.4, -0.2) is 60.2 Å². The highest BCUT2D eigenvalue weighted by Crippen LogP contribution is 2.43. The van der Waals surface area contributed by atoms with Crippen LogP contribution in [0.5, 0.6) is 11.5 Å². The Bertz CT molecular complexity index is 1270. The summed E-state index contributed by atoms with van der Waals surface area (Å²) in [4.78, 5) is 30.0. The third-order valence-corrected chi connectivity index (χ3v) is 5.83. The fraction of sp³-hybridized carbons (Fsp3) is 0.304. The molecule has 1 unspecified atom stereocenters. The van der Waals surface area contributed by atoms with Crippen molar-refractivity contribution < 1.29 is 24.2 Å². The molecule has 2 heterocycles. The normalized spacial score (nSPS) is 17.9. The highest BCUT2D eigenvalue weighted by molar-refractivity contribution is 6.31. The Hall–Kier alpha value is -3.07. The minimum atomic E-state index is -2.14. The lowest BCUT2D eigenvalue weighted by atomic mass is 9.94. The monoisotopic (exact) mass is 458 g/mol. The number of benzene rings is 2. The summed E-state index contributed by atoms with van der Waals surface area (Å²) in [6.07, 6.45) is 0.538. The fourth-order valence-corrected chi connectivity index (χ4v) is 4.23. The predicted molar refractivity (Wildman–Crippen MR) is 119 cm³/mol. The second-order valence-corrected chi connectivity index (χ2v) is 8.38. The number of carbonyl (C=O) groups excluding carboxylic acids is 1. The average Bonchev–Trinajstić information content (AvgIpc) is 2.96. The minimum Gasteiger partial charge on any atom is -0.504 e. The Morgan fingerprint density at radius 2 is 1.94 bits per heavy atom. The molecular formula is C23H23ClN2O6. The van der Waals surface area contributed by atoms with Crippen LogP contribution in [0.4, 0.5) is 0 Å². The molecule has 1 atom stereocenters. The summed E-state index contributed by atoms with van der Waals surface area (Å²) < 4.78 is 10.9. The Labute approximate surface area is 189 Å². The number of aliphatic hydroxyl groups is 1. The lowest BCUT2D eigenvalue weighted by molar-refractivity contribution is -0.0514. The van der Waals surface area contributed by atoms with Gasteiger partial charge in [0, 0.05) is 17.1 Å². The number of halogens is 1. The lowest BCUT2D eigenvalue weighted by Gasteiger charge is -2.34. The number of methoxy groups -OCH3 is 1. The van der Waals surface area contributed by atoms with Crippen molar-refractivity contribution in [1.29, 1.82) is 0 Å². The molecule has 2 N–H and O–H groups in total. The molecule has 0 aliphatic carbocycles. The van der Waals surface area contributed by atoms with Gasteiger partial charge in [-0.15, -0.1) is 0 Å². The van der Waals surface area contributed by atoms with Gasteiger partial charge in [-0.3, -0.25) is 14.5 Å². The SMILES string of the molecule is COc1ccc(C2(O)c3c(oc4ccc(Cl)cc4c3=O)C(=O)N2CCCN(C)C)cc1O. The van der Waals surface area contributed by atoms with Gasteiger partial charge >= 0.3 is 0 Å². The second-order valence-electron chi connectivity index (χ2n) is 7.95. The standard InChI is InChI=1S/C23H23ClN2O6/c1-25(2)9-4-10-26-22(29)21-19(20(28)15-12-14(24)6-8-17(15)32-21)23(26,30)13-5-7-18(31-3)16(27)11-13/h5-8,11-12,27,30H,4,9-10H2,1-3H3. The third kappa shape index (κ3) is 3.40. The summed E-state index contributed by atoms with van der Waals surface area (Å²) in [6.45, 7) is 0.810. The van der Waals surface area contributed by atoms with Gasteiger partial charge in [0.2, 0.25) is 16.9 Å². The van der Waals surface area contributed by atoms with E-state index >= 15 is 0 Å². The van der Waals surface area contributed by atoms with Gasteiger partial charge in [-0.25, -0.2) is 0 Å². The fourth-order valence-electron chi connectivity index (χ4n) is 4.05. The Morgan fingerprint density at radius 1 is 1.19 bits per heavy atom. The molecule has 9 heteroatoms. The number of phenolic OH excluding ortho intramolecular Hbond substituents is 1. The van der Waals surface area contributed by atoms with E-state index in [0.29, 0.717) is 18.0 Å². The molecule has 0 bridgehead atoms. The van der Waals surface area contributed by atoms with Crippen LogP contribution in [0.1, 0.15) is 28.1 Å². The van der Waals surface area contributed by atoms with Gasteiger partial charge in [-0.2, -0.15) is 0 Å². The molecular weight excluding hydrogens is 436 g/mol. The van der Waals surface area contributed by atoms with Gasteiger partial charge in [0.05, 0.1) is 12.5 Å². The zero-order chi connectivity index (χ0) is 23.2. The van der Waals surface area contributed by atoms with Crippen LogP contribution in [0.3, 0.4) is 0 Å². The molecule has 1 amide bonds. The Balaban J connectivity index is 1.96. The summed E-state index contributed by atoms with van der Waals surface area (Å²) in [5.41, 5.74) is -2.57. The topological polar surface area (TPSA) is 103 Å². The summed E-state index contributed by atoms with van der Waals surface area (Å²) in [5, 5.41) is 22.8. The van der Waals surface area contributed by atoms with Crippen LogP contribution < -0.4 is 10.2 Å². The first-order valence-corrected chi connectivity index (χ1v) is 10.4. The number of carbonyl (C=O) groups is 1. The molecule has 2 aromatic carbocycles. The van der Waals surface area contributed by atoms with Crippen LogP contribution in [-0.2, 0) is 5.72 Å². The molecule has 3 aromatic rings. The van der Waals surface area contributed by atoms with Crippen LogP contribution >= 0.6 is 11.6 Å². The molecule has 1 aliphatic rings. The second kappa shape index (κ2) is 8.12. The van der Waals surface area contributed by atoms with Crippen LogP contribution in [0.2, 0.25) is 5.02 Å². The van der Waals surface area contributed by atoms with Gasteiger partial charge in [-0.1, -0.05) is 11.6 Å². The van der Waals surface area contributed by atoms with Crippen molar-refractivity contribution in [1.82, 2.24) is 9.80 Å². The Morgan fingerprint density at radius 3 is 2.59 bits per heavy atom. The van der Waals surface area contributed by atoms with Gasteiger partial charge in [0.1, 0.15) is 11.1 Å². The van der Waals surface area contributed by atoms with Crippen molar-refractivity contribution in [2.75, 3.05) is 34.3 Å². The average molecular weight is 459 g/mol. The maximum Gasteiger partial charge on any atom is 0.293 e. The molecule has 0 radical (unpaired) electrons. The largest absolute Gasteiger partial charge is 0.504 e. The van der Waals surface area contributed by atoms with E-state index in [-0.39, 0.29) is 45.9 Å². The van der Waals surface area contributed by atoms with E-state index in [9.17, 15) is 19.8 Å². The van der Waals surface area contributed by atoms with E-state index in [0.717, 1.165) is 0 Å². The summed E-state index contributed by atoms with van der Waals surface area (Å²) >= 11 is 6.07. The molecule has 0 saturated carbocycles. The molecule has 0 saturated heterocycles. The molecule has 32 heavy (non-hydrogen) atoms. The van der Waals surface area contributed by atoms with Crippen LogP contribution in [0.25, 0.3) is 11.0 Å². The molecule has 0 spiro atoms. The zero-order valence-corrected chi connectivity index (χ0v) is 18.6. The van der Waals surface area contributed by atoms with Gasteiger partial charge < -0.3 is 24.3 Å². The number of fused-ring (bicyclic) bond motifs is 2. The highest BCUT2D eigenvalue weighted by Gasteiger charge is 2.54. The first-order valence-electron chi connectivity index (χ1n) is 10.0. The van der Waals surface area contributed by atoms with Crippen molar-refractivity contribution in [3.05, 3.63) is 68.5 Å². The lowest BCUT2D eigenvalue weighted by Crippen LogP contribution is -2.47. The van der Waals surface area contributed by atoms with Crippen molar-refractivity contribution in [2.45, 2.75) is 12.1 Å². The maximum atomic E-state index is 13.5. The highest BCUT2D eigenvalue weighted by atomic mass is 35.5. The molecule has 168 valence electrons. The number of nitrogens with zero attached hydrogens (tertiary/aromatic N) is 2. The Kier molecular flexibility index (Phi) is 5.62. The smallest absolute Gasteiger partial charge is 0.293 e. The van der Waals surface area contributed by atoms with E-state index in [1.54, 1.807) is 6.07 Å². The van der Waals surface area contributed by atoms with Gasteiger partial charge in [0.15, 0.2) is 11.5 Å². The first-order chi connectivity index (χ1) is 15.2. The number of aromatic hydroxyl groups is 1. The van der Waals surface area contributed by atoms with E-state index in [2.05, 4.69) is 0 Å². The summed E-state index contributed by atoms with van der Waals surface area (Å²) in [7, 11) is 5.20. The molecule has 8 nitrogen and oxygen atoms in total. The number of rotatable bonds is 6. The van der Waals surface area contributed by atoms with E-state index in [1.165, 1.54) is 42.3 Å². The van der Waals surface area contributed by atoms with Crippen molar-refractivity contribution in [3.8, 4) is 11.5 Å². The van der Waals surface area contributed by atoms with Gasteiger partial charge in [-0.05, 0) is 63.5 Å². The van der Waals surface area contributed by atoms with Crippen molar-refractivity contribution >= 4 is 28.5 Å². The maximum absolute atomic E-state index is 13.5. The number of hydrogen-bond acceptors (Lipinski definition) is 7. The third-order valence-electron chi connectivity index (χ3n) is 5.60. The zero-order valence-electron chi connectivity index (χ0n) is 17.9. The van der Waals surface area contributed by atoms with Gasteiger partial charge in [0.25, 0.3) is 5.91 Å². The number of hydrogen-bond donors (Lipinski definition) is 2. The predicted octanol–water partition coefficient (Wildman–Crippen LogP) is 2.76. The quantitative estimate of drug-likeness (QED) is 0.585. The first kappa shape index (κ1) is 22.1. The van der Waals surface area contributed by atoms with Crippen LogP contribution in [0, 0.1) is 0 Å². The van der Waals surface area contributed by atoms with E-state index < -0.39 is 17.1 Å².